The summed E-state index contributed by atoms with van der Waals surface area (Å²) in [5.74, 6) is -2.00. The van der Waals surface area contributed by atoms with E-state index in [9.17, 15) is 24.5 Å². The number of imide groups is 1. The SMILES string of the molecule is O=C(OCN1C(=O)c2ccccc2C1=O)c1ccc(Sc2ccccc2)c([N+](=O)[O-])c1. The second kappa shape index (κ2) is 8.41. The molecule has 3 aromatic carbocycles. The molecule has 4 rings (SSSR count). The highest BCUT2D eigenvalue weighted by Crippen LogP contribution is 2.35. The quantitative estimate of drug-likeness (QED) is 0.248. The van der Waals surface area contributed by atoms with Gasteiger partial charge in [-0.3, -0.25) is 19.7 Å². The fraction of sp³-hybridized carbons (Fsp3) is 0.0455. The van der Waals surface area contributed by atoms with E-state index in [1.165, 1.54) is 36.0 Å². The maximum absolute atomic E-state index is 12.4. The summed E-state index contributed by atoms with van der Waals surface area (Å²) in [6.07, 6.45) is 0. The summed E-state index contributed by atoms with van der Waals surface area (Å²) in [6.45, 7) is -0.584. The van der Waals surface area contributed by atoms with Crippen LogP contribution in [-0.2, 0) is 4.74 Å². The maximum atomic E-state index is 12.4. The molecule has 0 saturated carbocycles. The lowest BCUT2D eigenvalue weighted by molar-refractivity contribution is -0.387. The molecule has 0 aromatic heterocycles. The number of hydrogen-bond donors (Lipinski definition) is 0. The lowest BCUT2D eigenvalue weighted by atomic mass is 10.1. The van der Waals surface area contributed by atoms with Gasteiger partial charge in [0.25, 0.3) is 17.5 Å². The summed E-state index contributed by atoms with van der Waals surface area (Å²) in [6, 6.07) is 19.4. The van der Waals surface area contributed by atoms with Crippen molar-refractivity contribution in [2.75, 3.05) is 6.73 Å². The molecule has 0 fully saturated rings. The molecule has 2 amide bonds. The third-order valence-corrected chi connectivity index (χ3v) is 5.64. The van der Waals surface area contributed by atoms with Crippen molar-refractivity contribution in [2.24, 2.45) is 0 Å². The monoisotopic (exact) mass is 434 g/mol. The van der Waals surface area contributed by atoms with Crippen LogP contribution in [0.2, 0.25) is 0 Å². The zero-order valence-corrected chi connectivity index (χ0v) is 16.7. The summed E-state index contributed by atoms with van der Waals surface area (Å²) >= 11 is 1.20. The van der Waals surface area contributed by atoms with E-state index in [0.29, 0.717) is 4.90 Å². The smallest absolute Gasteiger partial charge is 0.340 e. The van der Waals surface area contributed by atoms with E-state index in [1.54, 1.807) is 12.1 Å². The van der Waals surface area contributed by atoms with Crippen LogP contribution in [0, 0.1) is 10.1 Å². The van der Waals surface area contributed by atoms with E-state index < -0.39 is 29.4 Å². The Morgan fingerprint density at radius 1 is 0.935 bits per heavy atom. The fourth-order valence-electron chi connectivity index (χ4n) is 3.05. The van der Waals surface area contributed by atoms with Crippen molar-refractivity contribution in [1.29, 1.82) is 0 Å². The number of hydrogen-bond acceptors (Lipinski definition) is 7. The second-order valence-corrected chi connectivity index (χ2v) is 7.61. The maximum Gasteiger partial charge on any atom is 0.340 e. The topological polar surface area (TPSA) is 107 Å². The highest BCUT2D eigenvalue weighted by atomic mass is 32.2. The first-order valence-corrected chi connectivity index (χ1v) is 9.91. The zero-order chi connectivity index (χ0) is 22.0. The van der Waals surface area contributed by atoms with Crippen LogP contribution < -0.4 is 0 Å². The Kier molecular flexibility index (Phi) is 5.50. The molecule has 0 unspecified atom stereocenters. The minimum absolute atomic E-state index is 0.0549. The molecular formula is C22H14N2O6S. The van der Waals surface area contributed by atoms with Gasteiger partial charge in [0.2, 0.25) is 0 Å². The average Bonchev–Trinajstić information content (AvgIpc) is 3.03. The summed E-state index contributed by atoms with van der Waals surface area (Å²) < 4.78 is 5.09. The molecule has 0 aliphatic carbocycles. The highest BCUT2D eigenvalue weighted by Gasteiger charge is 2.36. The minimum Gasteiger partial charge on any atom is -0.440 e. The number of carbonyl (C=O) groups excluding carboxylic acids is 3. The molecule has 0 spiro atoms. The molecule has 1 heterocycles. The molecule has 0 bridgehead atoms. The lowest BCUT2D eigenvalue weighted by Gasteiger charge is -2.14. The van der Waals surface area contributed by atoms with Crippen molar-refractivity contribution in [2.45, 2.75) is 9.79 Å². The lowest BCUT2D eigenvalue weighted by Crippen LogP contribution is -2.33. The number of fused-ring (bicyclic) bond motifs is 1. The van der Waals surface area contributed by atoms with Crippen LogP contribution in [0.25, 0.3) is 0 Å². The number of nitro groups is 1. The summed E-state index contributed by atoms with van der Waals surface area (Å²) in [5, 5.41) is 11.5. The van der Waals surface area contributed by atoms with Gasteiger partial charge in [-0.05, 0) is 36.4 Å². The number of nitro benzene ring substituents is 1. The van der Waals surface area contributed by atoms with Gasteiger partial charge in [0, 0.05) is 11.0 Å². The van der Waals surface area contributed by atoms with Gasteiger partial charge in [0.05, 0.1) is 26.5 Å². The molecule has 1 aliphatic rings. The Labute approximate surface area is 180 Å². The molecule has 9 heteroatoms. The normalized spacial score (nSPS) is 12.6. The van der Waals surface area contributed by atoms with Crippen LogP contribution in [0.1, 0.15) is 31.1 Å². The van der Waals surface area contributed by atoms with E-state index in [4.69, 9.17) is 4.74 Å². The van der Waals surface area contributed by atoms with Gasteiger partial charge in [-0.15, -0.1) is 0 Å². The van der Waals surface area contributed by atoms with Crippen LogP contribution in [0.5, 0.6) is 0 Å². The van der Waals surface area contributed by atoms with Crippen molar-refractivity contribution in [3.05, 3.63) is 99.6 Å². The van der Waals surface area contributed by atoms with Crippen molar-refractivity contribution >= 4 is 35.2 Å². The Morgan fingerprint density at radius 3 is 2.16 bits per heavy atom. The number of ether oxygens (including phenoxy) is 1. The molecule has 154 valence electrons. The van der Waals surface area contributed by atoms with E-state index in [-0.39, 0.29) is 22.4 Å². The predicted molar refractivity (Wildman–Crippen MR) is 111 cm³/mol. The minimum atomic E-state index is -0.879. The van der Waals surface area contributed by atoms with Gasteiger partial charge in [0.1, 0.15) is 0 Å². The van der Waals surface area contributed by atoms with Crippen LogP contribution in [0.3, 0.4) is 0 Å². The van der Waals surface area contributed by atoms with Gasteiger partial charge >= 0.3 is 5.97 Å². The van der Waals surface area contributed by atoms with Gasteiger partial charge in [-0.1, -0.05) is 42.1 Å². The largest absolute Gasteiger partial charge is 0.440 e. The number of carbonyl (C=O) groups is 3. The van der Waals surface area contributed by atoms with Gasteiger partial charge in [-0.25, -0.2) is 9.69 Å². The standard InChI is InChI=1S/C22H14N2O6S/c25-20-16-8-4-5-9-17(16)21(26)23(20)13-30-22(27)14-10-11-19(18(12-14)24(28)29)31-15-6-2-1-3-7-15/h1-12H,13H2. The van der Waals surface area contributed by atoms with Crippen LogP contribution >= 0.6 is 11.8 Å². The van der Waals surface area contributed by atoms with Crippen molar-refractivity contribution < 1.29 is 24.0 Å². The molecule has 0 saturated heterocycles. The molecule has 8 nitrogen and oxygen atoms in total. The van der Waals surface area contributed by atoms with Crippen LogP contribution in [0.4, 0.5) is 5.69 Å². The first kappa shape index (κ1) is 20.3. The Morgan fingerprint density at radius 2 is 1.55 bits per heavy atom. The Bertz CT molecular complexity index is 1180. The van der Waals surface area contributed by atoms with E-state index in [2.05, 4.69) is 0 Å². The molecular weight excluding hydrogens is 420 g/mol. The van der Waals surface area contributed by atoms with Crippen molar-refractivity contribution in [3.8, 4) is 0 Å². The average molecular weight is 434 g/mol. The molecule has 0 atom stereocenters. The Balaban J connectivity index is 1.49. The van der Waals surface area contributed by atoms with Gasteiger partial charge < -0.3 is 4.74 Å². The summed E-state index contributed by atoms with van der Waals surface area (Å²) in [5.41, 5.74) is 0.174. The number of rotatable bonds is 6. The number of amides is 2. The number of benzene rings is 3. The number of nitrogens with zero attached hydrogens (tertiary/aromatic N) is 2. The van der Waals surface area contributed by atoms with Gasteiger partial charge in [0.15, 0.2) is 6.73 Å². The molecule has 3 aromatic rings. The first-order chi connectivity index (χ1) is 15.0. The molecule has 0 radical (unpaired) electrons. The number of esters is 1. The van der Waals surface area contributed by atoms with Crippen molar-refractivity contribution in [1.82, 2.24) is 4.90 Å². The van der Waals surface area contributed by atoms with Crippen molar-refractivity contribution in [3.63, 3.8) is 0 Å². The van der Waals surface area contributed by atoms with E-state index >= 15 is 0 Å². The van der Waals surface area contributed by atoms with E-state index in [0.717, 1.165) is 15.9 Å². The fourth-order valence-corrected chi connectivity index (χ4v) is 3.97. The third-order valence-electron chi connectivity index (χ3n) is 4.57. The Hall–Kier alpha value is -3.98. The highest BCUT2D eigenvalue weighted by molar-refractivity contribution is 7.99. The molecule has 31 heavy (non-hydrogen) atoms. The van der Waals surface area contributed by atoms with Crippen LogP contribution in [0.15, 0.2) is 82.6 Å². The van der Waals surface area contributed by atoms with Gasteiger partial charge in [-0.2, -0.15) is 0 Å². The molecule has 0 N–H and O–H groups in total. The summed E-state index contributed by atoms with van der Waals surface area (Å²) in [4.78, 5) is 50.0. The first-order valence-electron chi connectivity index (χ1n) is 9.09. The molecule has 1 aliphatic heterocycles. The summed E-state index contributed by atoms with van der Waals surface area (Å²) in [7, 11) is 0. The van der Waals surface area contributed by atoms with E-state index in [1.807, 2.05) is 30.3 Å². The third kappa shape index (κ3) is 4.03. The zero-order valence-electron chi connectivity index (χ0n) is 15.9. The second-order valence-electron chi connectivity index (χ2n) is 6.50. The van der Waals surface area contributed by atoms with Crippen LogP contribution in [-0.4, -0.2) is 34.3 Å². The predicted octanol–water partition coefficient (Wildman–Crippen LogP) is 4.16.